The van der Waals surface area contributed by atoms with E-state index in [2.05, 4.69) is 33.6 Å². The third-order valence-corrected chi connectivity index (χ3v) is 5.14. The first-order valence-corrected chi connectivity index (χ1v) is 8.93. The van der Waals surface area contributed by atoms with E-state index in [-0.39, 0.29) is 5.91 Å². The molecule has 0 bridgehead atoms. The summed E-state index contributed by atoms with van der Waals surface area (Å²) in [5.41, 5.74) is 3.47. The van der Waals surface area contributed by atoms with Gasteiger partial charge in [0.25, 0.3) is 5.91 Å². The Kier molecular flexibility index (Phi) is 4.13. The van der Waals surface area contributed by atoms with Crippen LogP contribution in [0.25, 0.3) is 0 Å². The standard InChI is InChI=1S/C18H18N4OS/c23-18(17-16(7-8-24-17)15-5-6-15)20-9-13-1-3-14(4-2-13)10-22-12-19-11-21-22/h1-4,7-8,11-12,15H,5-6,9-10H2,(H,20,23). The van der Waals surface area contributed by atoms with Gasteiger partial charge in [-0.3, -0.25) is 4.79 Å². The molecule has 1 fully saturated rings. The molecule has 3 aromatic rings. The van der Waals surface area contributed by atoms with Gasteiger partial charge in [0.1, 0.15) is 12.7 Å². The fourth-order valence-corrected chi connectivity index (χ4v) is 3.65. The Labute approximate surface area is 144 Å². The molecule has 1 saturated carbocycles. The van der Waals surface area contributed by atoms with Gasteiger partial charge in [-0.05, 0) is 46.9 Å². The average molecular weight is 338 g/mol. The highest BCUT2D eigenvalue weighted by molar-refractivity contribution is 7.12. The fraction of sp³-hybridized carbons (Fsp3) is 0.278. The predicted molar refractivity (Wildman–Crippen MR) is 93.0 cm³/mol. The monoisotopic (exact) mass is 338 g/mol. The van der Waals surface area contributed by atoms with E-state index >= 15 is 0 Å². The Balaban J connectivity index is 1.35. The quantitative estimate of drug-likeness (QED) is 0.751. The van der Waals surface area contributed by atoms with Crippen LogP contribution >= 0.6 is 11.3 Å². The van der Waals surface area contributed by atoms with Crippen LogP contribution in [0.3, 0.4) is 0 Å². The molecular formula is C18H18N4OS. The van der Waals surface area contributed by atoms with Crippen LogP contribution in [0.15, 0.2) is 48.4 Å². The molecule has 0 aliphatic heterocycles. The van der Waals surface area contributed by atoms with Crippen LogP contribution in [0, 0.1) is 0 Å². The van der Waals surface area contributed by atoms with Crippen molar-refractivity contribution < 1.29 is 4.79 Å². The molecule has 6 heteroatoms. The van der Waals surface area contributed by atoms with Crippen molar-refractivity contribution in [2.24, 2.45) is 0 Å². The van der Waals surface area contributed by atoms with Gasteiger partial charge in [0.05, 0.1) is 11.4 Å². The van der Waals surface area contributed by atoms with E-state index in [1.165, 1.54) is 36.1 Å². The third-order valence-electron chi connectivity index (χ3n) is 4.21. The molecule has 1 aliphatic carbocycles. The lowest BCUT2D eigenvalue weighted by Crippen LogP contribution is -2.22. The van der Waals surface area contributed by atoms with E-state index in [4.69, 9.17) is 0 Å². The lowest BCUT2D eigenvalue weighted by Gasteiger charge is -2.07. The summed E-state index contributed by atoms with van der Waals surface area (Å²) >= 11 is 1.54. The van der Waals surface area contributed by atoms with Gasteiger partial charge in [0.2, 0.25) is 0 Å². The molecule has 0 spiro atoms. The van der Waals surface area contributed by atoms with Crippen LogP contribution in [0.4, 0.5) is 0 Å². The largest absolute Gasteiger partial charge is 0.347 e. The zero-order chi connectivity index (χ0) is 16.4. The topological polar surface area (TPSA) is 59.8 Å². The van der Waals surface area contributed by atoms with Crippen molar-refractivity contribution in [1.29, 1.82) is 0 Å². The molecule has 0 saturated heterocycles. The molecule has 1 aromatic carbocycles. The van der Waals surface area contributed by atoms with E-state index in [1.54, 1.807) is 11.0 Å². The Bertz CT molecular complexity index is 819. The van der Waals surface area contributed by atoms with Gasteiger partial charge in [0, 0.05) is 6.54 Å². The lowest BCUT2D eigenvalue weighted by molar-refractivity contribution is 0.0954. The maximum Gasteiger partial charge on any atom is 0.261 e. The van der Waals surface area contributed by atoms with Gasteiger partial charge >= 0.3 is 0 Å². The van der Waals surface area contributed by atoms with Crippen LogP contribution in [-0.4, -0.2) is 20.7 Å². The number of carbonyl (C=O) groups is 1. The van der Waals surface area contributed by atoms with Crippen LogP contribution < -0.4 is 5.32 Å². The minimum atomic E-state index is 0.0404. The van der Waals surface area contributed by atoms with Crippen molar-refractivity contribution >= 4 is 17.2 Å². The zero-order valence-corrected chi connectivity index (χ0v) is 14.0. The molecule has 24 heavy (non-hydrogen) atoms. The van der Waals surface area contributed by atoms with Crippen molar-refractivity contribution in [2.45, 2.75) is 31.8 Å². The molecule has 0 radical (unpaired) electrons. The summed E-state index contributed by atoms with van der Waals surface area (Å²) < 4.78 is 1.78. The normalized spacial score (nSPS) is 13.8. The maximum atomic E-state index is 12.4. The lowest BCUT2D eigenvalue weighted by atomic mass is 10.1. The second-order valence-electron chi connectivity index (χ2n) is 6.07. The molecule has 4 rings (SSSR count). The second kappa shape index (κ2) is 6.57. The summed E-state index contributed by atoms with van der Waals surface area (Å²) in [5, 5.41) is 9.15. The van der Waals surface area contributed by atoms with E-state index in [9.17, 15) is 4.79 Å². The molecule has 1 aliphatic rings. The number of amides is 1. The van der Waals surface area contributed by atoms with Crippen molar-refractivity contribution in [3.63, 3.8) is 0 Å². The van der Waals surface area contributed by atoms with Crippen LogP contribution in [0.2, 0.25) is 0 Å². The molecular weight excluding hydrogens is 320 g/mol. The number of rotatable bonds is 6. The van der Waals surface area contributed by atoms with E-state index in [0.717, 1.165) is 16.0 Å². The summed E-state index contributed by atoms with van der Waals surface area (Å²) in [7, 11) is 0. The van der Waals surface area contributed by atoms with Crippen molar-refractivity contribution in [2.75, 3.05) is 0 Å². The van der Waals surface area contributed by atoms with Gasteiger partial charge in [0.15, 0.2) is 0 Å². The highest BCUT2D eigenvalue weighted by Crippen LogP contribution is 2.43. The Morgan fingerprint density at radius 1 is 1.21 bits per heavy atom. The SMILES string of the molecule is O=C(NCc1ccc(Cn2cncn2)cc1)c1sccc1C1CC1. The Hall–Kier alpha value is -2.47. The van der Waals surface area contributed by atoms with Gasteiger partial charge in [-0.15, -0.1) is 11.3 Å². The number of nitrogens with zero attached hydrogens (tertiary/aromatic N) is 3. The number of hydrogen-bond donors (Lipinski definition) is 1. The fourth-order valence-electron chi connectivity index (χ4n) is 2.75. The first-order chi connectivity index (χ1) is 11.8. The minimum Gasteiger partial charge on any atom is -0.347 e. The highest BCUT2D eigenvalue weighted by atomic mass is 32.1. The summed E-state index contributed by atoms with van der Waals surface area (Å²) in [5.74, 6) is 0.645. The molecule has 0 unspecified atom stereocenters. The number of carbonyl (C=O) groups excluding carboxylic acids is 1. The summed E-state index contributed by atoms with van der Waals surface area (Å²) in [6.45, 7) is 1.25. The summed E-state index contributed by atoms with van der Waals surface area (Å²) in [6, 6.07) is 10.3. The van der Waals surface area contributed by atoms with Crippen LogP contribution in [0.5, 0.6) is 0 Å². The highest BCUT2D eigenvalue weighted by Gasteiger charge is 2.28. The molecule has 1 N–H and O–H groups in total. The molecule has 122 valence electrons. The third kappa shape index (κ3) is 3.38. The van der Waals surface area contributed by atoms with Gasteiger partial charge in [-0.25, -0.2) is 9.67 Å². The minimum absolute atomic E-state index is 0.0404. The van der Waals surface area contributed by atoms with Crippen LogP contribution in [-0.2, 0) is 13.1 Å². The number of nitrogens with one attached hydrogen (secondary N) is 1. The molecule has 0 atom stereocenters. The summed E-state index contributed by atoms with van der Waals surface area (Å²) in [6.07, 6.45) is 5.66. The van der Waals surface area contributed by atoms with E-state index in [0.29, 0.717) is 19.0 Å². The number of benzene rings is 1. The Morgan fingerprint density at radius 3 is 2.71 bits per heavy atom. The van der Waals surface area contributed by atoms with Crippen LogP contribution in [0.1, 0.15) is 45.1 Å². The maximum absolute atomic E-state index is 12.4. The zero-order valence-electron chi connectivity index (χ0n) is 13.2. The second-order valence-corrected chi connectivity index (χ2v) is 6.99. The molecule has 5 nitrogen and oxygen atoms in total. The van der Waals surface area contributed by atoms with Gasteiger partial charge < -0.3 is 5.32 Å². The number of hydrogen-bond acceptors (Lipinski definition) is 4. The van der Waals surface area contributed by atoms with E-state index < -0.39 is 0 Å². The number of thiophene rings is 1. The van der Waals surface area contributed by atoms with Gasteiger partial charge in [-0.2, -0.15) is 5.10 Å². The molecule has 1 amide bonds. The molecule has 2 heterocycles. The van der Waals surface area contributed by atoms with Crippen molar-refractivity contribution in [3.05, 3.63) is 69.9 Å². The van der Waals surface area contributed by atoms with Crippen molar-refractivity contribution in [3.8, 4) is 0 Å². The first kappa shape index (κ1) is 15.1. The van der Waals surface area contributed by atoms with E-state index in [1.807, 2.05) is 17.5 Å². The Morgan fingerprint density at radius 2 is 2.00 bits per heavy atom. The predicted octanol–water partition coefficient (Wildman–Crippen LogP) is 3.20. The molecule has 2 aromatic heterocycles. The summed E-state index contributed by atoms with van der Waals surface area (Å²) in [4.78, 5) is 17.2. The smallest absolute Gasteiger partial charge is 0.261 e. The van der Waals surface area contributed by atoms with Gasteiger partial charge in [-0.1, -0.05) is 24.3 Å². The number of aromatic nitrogens is 3. The first-order valence-electron chi connectivity index (χ1n) is 8.05. The average Bonchev–Trinajstić information content (AvgIpc) is 3.10. The van der Waals surface area contributed by atoms with Crippen molar-refractivity contribution in [1.82, 2.24) is 20.1 Å².